The predicted molar refractivity (Wildman–Crippen MR) is 114 cm³/mol. The molecule has 1 aliphatic rings. The molecule has 0 bridgehead atoms. The van der Waals surface area contributed by atoms with Crippen molar-refractivity contribution in [3.05, 3.63) is 83.9 Å². The highest BCUT2D eigenvalue weighted by Gasteiger charge is 2.36. The molecule has 3 aromatic carbocycles. The molecule has 0 aliphatic carbocycles. The zero-order valence-electron chi connectivity index (χ0n) is 17.1. The number of thioether (sulfide) groups is 1. The van der Waals surface area contributed by atoms with Crippen LogP contribution in [-0.4, -0.2) is 18.0 Å². The highest BCUT2D eigenvalue weighted by molar-refractivity contribution is 8.00. The van der Waals surface area contributed by atoms with E-state index in [0.717, 1.165) is 24.3 Å². The molecular formula is C23H15F6NO3S. The highest BCUT2D eigenvalue weighted by atomic mass is 32.2. The molecule has 1 saturated heterocycles. The van der Waals surface area contributed by atoms with Crippen molar-refractivity contribution in [2.24, 2.45) is 0 Å². The first kappa shape index (κ1) is 23.8. The van der Waals surface area contributed by atoms with Gasteiger partial charge in [-0.05, 0) is 54.1 Å². The van der Waals surface area contributed by atoms with E-state index in [9.17, 15) is 31.1 Å². The Labute approximate surface area is 194 Å². The van der Waals surface area contributed by atoms with E-state index in [4.69, 9.17) is 4.74 Å². The zero-order valence-corrected chi connectivity index (χ0v) is 17.9. The molecule has 1 fully saturated rings. The number of ether oxygens (including phenoxy) is 2. The SMILES string of the molecule is O=C1CSC(c2cccc(C(F)(F)F)c2)N1c1ccc(Oc2cccc(OC(F)(F)F)c2)cc1. The maximum atomic E-state index is 13.1. The second kappa shape index (κ2) is 9.13. The van der Waals surface area contributed by atoms with Crippen molar-refractivity contribution in [2.75, 3.05) is 10.7 Å². The number of carbonyl (C=O) groups is 1. The summed E-state index contributed by atoms with van der Waals surface area (Å²) in [4.78, 5) is 13.9. The van der Waals surface area contributed by atoms with Crippen LogP contribution in [0.5, 0.6) is 17.2 Å². The topological polar surface area (TPSA) is 38.8 Å². The molecule has 0 N–H and O–H groups in total. The van der Waals surface area contributed by atoms with Gasteiger partial charge < -0.3 is 9.47 Å². The number of nitrogens with zero attached hydrogens (tertiary/aromatic N) is 1. The van der Waals surface area contributed by atoms with Crippen LogP contribution in [0.25, 0.3) is 0 Å². The summed E-state index contributed by atoms with van der Waals surface area (Å²) in [5.41, 5.74) is -0.0169. The average molecular weight is 499 g/mol. The third-order valence-corrected chi connectivity index (χ3v) is 5.97. The molecule has 1 amide bonds. The van der Waals surface area contributed by atoms with Crippen LogP contribution in [0, 0.1) is 0 Å². The first-order chi connectivity index (χ1) is 16.0. The lowest BCUT2D eigenvalue weighted by molar-refractivity contribution is -0.274. The van der Waals surface area contributed by atoms with Gasteiger partial charge in [0.15, 0.2) is 0 Å². The van der Waals surface area contributed by atoms with Gasteiger partial charge in [-0.15, -0.1) is 24.9 Å². The minimum Gasteiger partial charge on any atom is -0.457 e. The summed E-state index contributed by atoms with van der Waals surface area (Å²) in [6, 6.07) is 15.9. The summed E-state index contributed by atoms with van der Waals surface area (Å²) in [5.74, 6) is -0.221. The first-order valence-electron chi connectivity index (χ1n) is 9.74. The van der Waals surface area contributed by atoms with Crippen LogP contribution in [0.15, 0.2) is 72.8 Å². The van der Waals surface area contributed by atoms with E-state index in [1.807, 2.05) is 0 Å². The van der Waals surface area contributed by atoms with Crippen LogP contribution in [0.2, 0.25) is 0 Å². The Hall–Kier alpha value is -3.34. The molecule has 1 unspecified atom stereocenters. The summed E-state index contributed by atoms with van der Waals surface area (Å²) in [6.45, 7) is 0. The summed E-state index contributed by atoms with van der Waals surface area (Å²) in [6.07, 6.45) is -9.34. The van der Waals surface area contributed by atoms with Gasteiger partial charge in [0.25, 0.3) is 0 Å². The number of carbonyl (C=O) groups excluding carboxylic acids is 1. The van der Waals surface area contributed by atoms with Crippen molar-refractivity contribution in [3.63, 3.8) is 0 Å². The van der Waals surface area contributed by atoms with Crippen molar-refractivity contribution in [2.45, 2.75) is 17.9 Å². The number of anilines is 1. The lowest BCUT2D eigenvalue weighted by atomic mass is 10.1. The van der Waals surface area contributed by atoms with Gasteiger partial charge in [0.2, 0.25) is 5.91 Å². The van der Waals surface area contributed by atoms with Crippen molar-refractivity contribution in [1.29, 1.82) is 0 Å². The van der Waals surface area contributed by atoms with Crippen molar-refractivity contribution >= 4 is 23.4 Å². The van der Waals surface area contributed by atoms with Gasteiger partial charge in [-0.3, -0.25) is 9.69 Å². The van der Waals surface area contributed by atoms with Crippen LogP contribution >= 0.6 is 11.8 Å². The Morgan fingerprint density at radius 2 is 1.50 bits per heavy atom. The number of halogens is 6. The van der Waals surface area contributed by atoms with Crippen LogP contribution < -0.4 is 14.4 Å². The van der Waals surface area contributed by atoms with Crippen LogP contribution in [0.3, 0.4) is 0 Å². The van der Waals surface area contributed by atoms with Crippen LogP contribution in [0.4, 0.5) is 32.0 Å². The van der Waals surface area contributed by atoms with E-state index >= 15 is 0 Å². The molecule has 178 valence electrons. The average Bonchev–Trinajstić information content (AvgIpc) is 3.14. The summed E-state index contributed by atoms with van der Waals surface area (Å²) in [7, 11) is 0. The Morgan fingerprint density at radius 1 is 0.824 bits per heavy atom. The monoisotopic (exact) mass is 499 g/mol. The minimum absolute atomic E-state index is 0.101. The number of rotatable bonds is 5. The molecule has 0 saturated carbocycles. The van der Waals surface area contributed by atoms with Gasteiger partial charge in [0.1, 0.15) is 22.6 Å². The fourth-order valence-electron chi connectivity index (χ4n) is 3.36. The zero-order chi connectivity index (χ0) is 24.5. The predicted octanol–water partition coefficient (Wildman–Crippen LogP) is 7.17. The number of hydrogen-bond acceptors (Lipinski definition) is 4. The molecule has 4 nitrogen and oxygen atoms in total. The smallest absolute Gasteiger partial charge is 0.457 e. The standard InChI is InChI=1S/C23H15F6NO3S/c24-22(25,26)15-4-1-3-14(11-15)21-30(20(31)13-34-21)16-7-9-17(10-8-16)32-18-5-2-6-19(12-18)33-23(27,28)29/h1-12,21H,13H2. The minimum atomic E-state index is -4.84. The molecule has 0 radical (unpaired) electrons. The van der Waals surface area contributed by atoms with Gasteiger partial charge in [-0.25, -0.2) is 0 Å². The molecule has 3 aromatic rings. The lowest BCUT2D eigenvalue weighted by Crippen LogP contribution is -2.27. The maximum absolute atomic E-state index is 13.1. The van der Waals surface area contributed by atoms with Gasteiger partial charge in [0, 0.05) is 11.8 Å². The third-order valence-electron chi connectivity index (χ3n) is 4.76. The summed E-state index contributed by atoms with van der Waals surface area (Å²) >= 11 is 1.21. The molecule has 11 heteroatoms. The van der Waals surface area contributed by atoms with E-state index in [0.29, 0.717) is 11.3 Å². The van der Waals surface area contributed by atoms with Crippen molar-refractivity contribution < 1.29 is 40.6 Å². The summed E-state index contributed by atoms with van der Waals surface area (Å²) in [5, 5.41) is -0.641. The fourth-order valence-corrected chi connectivity index (χ4v) is 4.53. The molecule has 0 aromatic heterocycles. The molecule has 1 heterocycles. The molecule has 1 aliphatic heterocycles. The van der Waals surface area contributed by atoms with Gasteiger partial charge in [-0.1, -0.05) is 18.2 Å². The lowest BCUT2D eigenvalue weighted by Gasteiger charge is -2.25. The Morgan fingerprint density at radius 3 is 2.18 bits per heavy atom. The van der Waals surface area contributed by atoms with E-state index in [2.05, 4.69) is 4.74 Å². The Kier molecular flexibility index (Phi) is 6.39. The van der Waals surface area contributed by atoms with Crippen LogP contribution in [-0.2, 0) is 11.0 Å². The fraction of sp³-hybridized carbons (Fsp3) is 0.174. The van der Waals surface area contributed by atoms with Gasteiger partial charge in [0.05, 0.1) is 11.3 Å². The molecular weight excluding hydrogens is 484 g/mol. The number of hydrogen-bond donors (Lipinski definition) is 0. The third kappa shape index (κ3) is 5.58. The number of amides is 1. The quantitative estimate of drug-likeness (QED) is 0.349. The summed E-state index contributed by atoms with van der Waals surface area (Å²) < 4.78 is 86.0. The van der Waals surface area contributed by atoms with Crippen LogP contribution in [0.1, 0.15) is 16.5 Å². The van der Waals surface area contributed by atoms with Gasteiger partial charge in [-0.2, -0.15) is 13.2 Å². The maximum Gasteiger partial charge on any atom is 0.573 e. The van der Waals surface area contributed by atoms with E-state index in [1.165, 1.54) is 53.1 Å². The molecule has 34 heavy (non-hydrogen) atoms. The van der Waals surface area contributed by atoms with E-state index in [-0.39, 0.29) is 23.2 Å². The number of alkyl halides is 6. The van der Waals surface area contributed by atoms with E-state index in [1.54, 1.807) is 12.1 Å². The van der Waals surface area contributed by atoms with Gasteiger partial charge >= 0.3 is 12.5 Å². The Balaban J connectivity index is 1.53. The second-order valence-electron chi connectivity index (χ2n) is 7.17. The highest BCUT2D eigenvalue weighted by Crippen LogP contribution is 2.43. The first-order valence-corrected chi connectivity index (χ1v) is 10.8. The largest absolute Gasteiger partial charge is 0.573 e. The molecule has 4 rings (SSSR count). The van der Waals surface area contributed by atoms with Crippen molar-refractivity contribution in [1.82, 2.24) is 0 Å². The Bertz CT molecular complexity index is 1180. The second-order valence-corrected chi connectivity index (χ2v) is 8.24. The molecule has 0 spiro atoms. The van der Waals surface area contributed by atoms with E-state index < -0.39 is 29.2 Å². The normalized spacial score (nSPS) is 16.6. The number of benzene rings is 3. The molecule has 1 atom stereocenters. The van der Waals surface area contributed by atoms with Crippen molar-refractivity contribution in [3.8, 4) is 17.2 Å².